The van der Waals surface area contributed by atoms with Crippen molar-refractivity contribution in [1.29, 1.82) is 0 Å². The predicted octanol–water partition coefficient (Wildman–Crippen LogP) is 4.54. The lowest BCUT2D eigenvalue weighted by molar-refractivity contribution is -0.120. The van der Waals surface area contributed by atoms with Crippen molar-refractivity contribution in [2.75, 3.05) is 43.9 Å². The van der Waals surface area contributed by atoms with Crippen molar-refractivity contribution in [3.63, 3.8) is 0 Å². The van der Waals surface area contributed by atoms with E-state index >= 15 is 0 Å². The number of carbonyl (C=O) groups excluding carboxylic acids is 3. The van der Waals surface area contributed by atoms with Crippen LogP contribution in [0.5, 0.6) is 0 Å². The van der Waals surface area contributed by atoms with Gasteiger partial charge in [0.15, 0.2) is 0 Å². The van der Waals surface area contributed by atoms with Gasteiger partial charge in [-0.1, -0.05) is 37.3 Å². The Morgan fingerprint density at radius 1 is 1.02 bits per heavy atom. The average Bonchev–Trinajstić information content (AvgIpc) is 3.40. The fourth-order valence-electron chi connectivity index (χ4n) is 5.37. The number of aromatic nitrogens is 1. The lowest BCUT2D eigenvalue weighted by atomic mass is 9.92. The van der Waals surface area contributed by atoms with E-state index in [4.69, 9.17) is 0 Å². The SMILES string of the molecule is CC(c1c[nH]c2ccccc12)C(NC(=O)N1CCN(c2ccc(F)cc2)C(=O)C1)C(=O)Nc1cccc(CN(C)C)c1. The van der Waals surface area contributed by atoms with Gasteiger partial charge in [-0.2, -0.15) is 0 Å². The first-order chi connectivity index (χ1) is 20.2. The number of carbonyl (C=O) groups is 3. The van der Waals surface area contributed by atoms with E-state index in [0.717, 1.165) is 22.0 Å². The van der Waals surface area contributed by atoms with Crippen molar-refractivity contribution in [2.45, 2.75) is 25.4 Å². The first-order valence-corrected chi connectivity index (χ1v) is 13.9. The molecule has 10 heteroatoms. The molecule has 2 heterocycles. The van der Waals surface area contributed by atoms with Gasteiger partial charge in [0.05, 0.1) is 0 Å². The lowest BCUT2D eigenvalue weighted by Gasteiger charge is -2.35. The van der Waals surface area contributed by atoms with Gasteiger partial charge in [-0.15, -0.1) is 0 Å². The van der Waals surface area contributed by atoms with Crippen LogP contribution in [0.25, 0.3) is 10.9 Å². The number of urea groups is 1. The van der Waals surface area contributed by atoms with Crippen LogP contribution in [0.3, 0.4) is 0 Å². The van der Waals surface area contributed by atoms with Gasteiger partial charge in [-0.25, -0.2) is 9.18 Å². The van der Waals surface area contributed by atoms with E-state index in [-0.39, 0.29) is 37.3 Å². The number of anilines is 2. The second kappa shape index (κ2) is 12.4. The van der Waals surface area contributed by atoms with Crippen LogP contribution < -0.4 is 15.5 Å². The van der Waals surface area contributed by atoms with Crippen molar-refractivity contribution in [1.82, 2.24) is 20.1 Å². The van der Waals surface area contributed by atoms with E-state index in [1.165, 1.54) is 21.9 Å². The molecule has 2 unspecified atom stereocenters. The smallest absolute Gasteiger partial charge is 0.318 e. The number of hydrogen-bond donors (Lipinski definition) is 3. The normalized spacial score (nSPS) is 15.1. The van der Waals surface area contributed by atoms with E-state index in [9.17, 15) is 18.8 Å². The first-order valence-electron chi connectivity index (χ1n) is 13.9. The molecule has 5 rings (SSSR count). The van der Waals surface area contributed by atoms with Gasteiger partial charge in [-0.3, -0.25) is 9.59 Å². The van der Waals surface area contributed by atoms with Crippen LogP contribution >= 0.6 is 0 Å². The van der Waals surface area contributed by atoms with Gasteiger partial charge in [0.2, 0.25) is 11.8 Å². The van der Waals surface area contributed by atoms with E-state index in [1.807, 2.05) is 80.6 Å². The zero-order valence-electron chi connectivity index (χ0n) is 23.9. The summed E-state index contributed by atoms with van der Waals surface area (Å²) in [5.41, 5.74) is 4.07. The summed E-state index contributed by atoms with van der Waals surface area (Å²) in [6, 6.07) is 19.7. The molecule has 0 aliphatic carbocycles. The van der Waals surface area contributed by atoms with Gasteiger partial charge in [0.1, 0.15) is 18.4 Å². The molecule has 0 bridgehead atoms. The van der Waals surface area contributed by atoms with Crippen LogP contribution in [-0.4, -0.2) is 72.4 Å². The molecular formula is C32H35FN6O3. The lowest BCUT2D eigenvalue weighted by Crippen LogP contribution is -2.58. The molecule has 1 aliphatic heterocycles. The van der Waals surface area contributed by atoms with Gasteiger partial charge in [-0.05, 0) is 67.7 Å². The zero-order chi connectivity index (χ0) is 29.8. The number of piperazine rings is 1. The summed E-state index contributed by atoms with van der Waals surface area (Å²) in [7, 11) is 3.95. The summed E-state index contributed by atoms with van der Waals surface area (Å²) in [5.74, 6) is -1.43. The van der Waals surface area contributed by atoms with Crippen molar-refractivity contribution >= 4 is 40.1 Å². The standard InChI is InChI=1S/C32H35FN6O3/c1-21(27-18-34-28-10-5-4-9-26(27)28)30(31(41)35-24-8-6-7-22(17-24)19-37(2)3)36-32(42)38-15-16-39(29(40)20-38)25-13-11-23(33)12-14-25/h4-14,17-18,21,30,34H,15-16,19-20H2,1-3H3,(H,35,41)(H,36,42). The highest BCUT2D eigenvalue weighted by Crippen LogP contribution is 2.29. The predicted molar refractivity (Wildman–Crippen MR) is 162 cm³/mol. The average molecular weight is 571 g/mol. The number of para-hydroxylation sites is 1. The number of halogens is 1. The summed E-state index contributed by atoms with van der Waals surface area (Å²) >= 11 is 0. The summed E-state index contributed by atoms with van der Waals surface area (Å²) < 4.78 is 13.4. The quantitative estimate of drug-likeness (QED) is 0.290. The molecule has 9 nitrogen and oxygen atoms in total. The highest BCUT2D eigenvalue weighted by Gasteiger charge is 2.34. The van der Waals surface area contributed by atoms with Crippen molar-refractivity contribution in [3.05, 3.63) is 95.9 Å². The topological polar surface area (TPSA) is 101 Å². The molecule has 0 radical (unpaired) electrons. The molecule has 1 aliphatic rings. The minimum atomic E-state index is -0.931. The van der Waals surface area contributed by atoms with Crippen molar-refractivity contribution in [2.24, 2.45) is 0 Å². The molecule has 0 spiro atoms. The van der Waals surface area contributed by atoms with E-state index in [1.54, 1.807) is 12.1 Å². The Morgan fingerprint density at radius 2 is 1.79 bits per heavy atom. The molecule has 2 atom stereocenters. The minimum absolute atomic E-state index is 0.161. The van der Waals surface area contributed by atoms with Gasteiger partial charge in [0.25, 0.3) is 0 Å². The number of fused-ring (bicyclic) bond motifs is 1. The molecule has 42 heavy (non-hydrogen) atoms. The first kappa shape index (κ1) is 28.8. The molecule has 218 valence electrons. The Morgan fingerprint density at radius 3 is 2.52 bits per heavy atom. The van der Waals surface area contributed by atoms with Gasteiger partial charge >= 0.3 is 6.03 Å². The van der Waals surface area contributed by atoms with E-state index < -0.39 is 18.0 Å². The monoisotopic (exact) mass is 570 g/mol. The Kier molecular flexibility index (Phi) is 8.53. The molecule has 3 N–H and O–H groups in total. The molecule has 1 saturated heterocycles. The van der Waals surface area contributed by atoms with Crippen LogP contribution in [0.1, 0.15) is 24.0 Å². The minimum Gasteiger partial charge on any atom is -0.361 e. The maximum Gasteiger partial charge on any atom is 0.318 e. The van der Waals surface area contributed by atoms with Crippen LogP contribution in [0, 0.1) is 5.82 Å². The molecule has 4 aromatic rings. The van der Waals surface area contributed by atoms with Crippen LogP contribution in [0.4, 0.5) is 20.6 Å². The van der Waals surface area contributed by atoms with E-state index in [0.29, 0.717) is 17.9 Å². The summed E-state index contributed by atoms with van der Waals surface area (Å²) in [6.45, 7) is 2.97. The number of hydrogen-bond acceptors (Lipinski definition) is 4. The third kappa shape index (κ3) is 6.44. The number of rotatable bonds is 8. The summed E-state index contributed by atoms with van der Waals surface area (Å²) in [4.78, 5) is 48.5. The number of nitrogens with zero attached hydrogens (tertiary/aromatic N) is 3. The third-order valence-electron chi connectivity index (χ3n) is 7.51. The van der Waals surface area contributed by atoms with E-state index in [2.05, 4.69) is 15.6 Å². The maximum absolute atomic E-state index is 13.8. The molecule has 0 saturated carbocycles. The van der Waals surface area contributed by atoms with Gasteiger partial charge in [0, 0.05) is 54.0 Å². The third-order valence-corrected chi connectivity index (χ3v) is 7.51. The molecular weight excluding hydrogens is 535 g/mol. The highest BCUT2D eigenvalue weighted by atomic mass is 19.1. The molecule has 4 amide bonds. The summed E-state index contributed by atoms with van der Waals surface area (Å²) in [6.07, 6.45) is 1.87. The zero-order valence-corrected chi connectivity index (χ0v) is 23.9. The van der Waals surface area contributed by atoms with Crippen molar-refractivity contribution < 1.29 is 18.8 Å². The van der Waals surface area contributed by atoms with Crippen LogP contribution in [-0.2, 0) is 16.1 Å². The maximum atomic E-state index is 13.8. The fraction of sp³-hybridized carbons (Fsp3) is 0.281. The Bertz CT molecular complexity index is 1580. The Labute approximate surface area is 244 Å². The second-order valence-electron chi connectivity index (χ2n) is 10.9. The molecule has 1 aromatic heterocycles. The number of H-pyrrole nitrogens is 1. The number of benzene rings is 3. The Hall–Kier alpha value is -4.70. The fourth-order valence-corrected chi connectivity index (χ4v) is 5.37. The van der Waals surface area contributed by atoms with Gasteiger partial charge < -0.3 is 30.3 Å². The number of amides is 4. The van der Waals surface area contributed by atoms with Crippen molar-refractivity contribution in [3.8, 4) is 0 Å². The Balaban J connectivity index is 1.35. The molecule has 1 fully saturated rings. The summed E-state index contributed by atoms with van der Waals surface area (Å²) in [5, 5.41) is 6.88. The second-order valence-corrected chi connectivity index (χ2v) is 10.9. The number of nitrogens with one attached hydrogen (secondary N) is 3. The molecule has 3 aromatic carbocycles. The van der Waals surface area contributed by atoms with Crippen LogP contribution in [0.2, 0.25) is 0 Å². The number of aromatic amines is 1. The highest BCUT2D eigenvalue weighted by molar-refractivity contribution is 6.00. The largest absolute Gasteiger partial charge is 0.361 e. The van der Waals surface area contributed by atoms with Crippen LogP contribution in [0.15, 0.2) is 79.0 Å².